The minimum atomic E-state index is -0.345. The standard InChI is InChI=1S/C14H21NO5S/c1-6-10-13(15(16)17)11(8(2)3)7-12(9(4)5)14(10)21-20-19-18/h7-9,18H,6H2,1-5H3. The number of hydrogen-bond acceptors (Lipinski definition) is 6. The lowest BCUT2D eigenvalue weighted by Gasteiger charge is -2.19. The van der Waals surface area contributed by atoms with Gasteiger partial charge in [-0.2, -0.15) is 0 Å². The molecule has 0 aliphatic heterocycles. The van der Waals surface area contributed by atoms with Gasteiger partial charge in [0.15, 0.2) is 0 Å². The predicted molar refractivity (Wildman–Crippen MR) is 81.3 cm³/mol. The number of hydrogen-bond donors (Lipinski definition) is 1. The van der Waals surface area contributed by atoms with Gasteiger partial charge in [-0.25, -0.2) is 5.26 Å². The Morgan fingerprint density at radius 1 is 1.29 bits per heavy atom. The van der Waals surface area contributed by atoms with E-state index < -0.39 is 0 Å². The van der Waals surface area contributed by atoms with E-state index in [1.54, 1.807) is 0 Å². The molecular weight excluding hydrogens is 294 g/mol. The van der Waals surface area contributed by atoms with Crippen LogP contribution < -0.4 is 0 Å². The number of benzene rings is 1. The lowest BCUT2D eigenvalue weighted by Crippen LogP contribution is -2.07. The average molecular weight is 315 g/mol. The molecule has 0 atom stereocenters. The first kappa shape index (κ1) is 17.9. The largest absolute Gasteiger partial charge is 0.277 e. The lowest BCUT2D eigenvalue weighted by molar-refractivity contribution is -0.432. The molecule has 0 aromatic heterocycles. The van der Waals surface area contributed by atoms with Crippen LogP contribution in [-0.4, -0.2) is 10.2 Å². The molecule has 21 heavy (non-hydrogen) atoms. The van der Waals surface area contributed by atoms with E-state index in [1.165, 1.54) is 0 Å². The van der Waals surface area contributed by atoms with Crippen LogP contribution in [0.5, 0.6) is 0 Å². The molecule has 0 amide bonds. The minimum absolute atomic E-state index is 0.0438. The molecule has 6 nitrogen and oxygen atoms in total. The van der Waals surface area contributed by atoms with Crippen molar-refractivity contribution in [2.45, 2.75) is 57.8 Å². The van der Waals surface area contributed by atoms with Gasteiger partial charge in [0.05, 0.1) is 21.9 Å². The van der Waals surface area contributed by atoms with Crippen LogP contribution in [0.3, 0.4) is 0 Å². The maximum atomic E-state index is 11.5. The smallest absolute Gasteiger partial charge is 0.258 e. The molecule has 1 N–H and O–H groups in total. The zero-order valence-corrected chi connectivity index (χ0v) is 13.7. The quantitative estimate of drug-likeness (QED) is 0.336. The first-order valence-electron chi connectivity index (χ1n) is 6.83. The van der Waals surface area contributed by atoms with Gasteiger partial charge in [0.25, 0.3) is 5.69 Å². The van der Waals surface area contributed by atoms with Gasteiger partial charge in [0.1, 0.15) is 0 Å². The van der Waals surface area contributed by atoms with Crippen LogP contribution in [0.15, 0.2) is 11.0 Å². The molecule has 0 saturated heterocycles. The molecule has 1 rings (SSSR count). The Morgan fingerprint density at radius 2 is 1.86 bits per heavy atom. The Morgan fingerprint density at radius 3 is 2.24 bits per heavy atom. The van der Waals surface area contributed by atoms with Gasteiger partial charge in [-0.15, -0.1) is 4.33 Å². The highest BCUT2D eigenvalue weighted by atomic mass is 32.2. The Balaban J connectivity index is 3.66. The van der Waals surface area contributed by atoms with Crippen LogP contribution in [0.4, 0.5) is 5.69 Å². The third-order valence-electron chi connectivity index (χ3n) is 3.33. The van der Waals surface area contributed by atoms with E-state index >= 15 is 0 Å². The predicted octanol–water partition coefficient (Wildman–Crippen LogP) is 4.83. The summed E-state index contributed by atoms with van der Waals surface area (Å²) in [6, 6.07) is 1.86. The molecule has 0 saturated carbocycles. The number of nitrogens with zero attached hydrogens (tertiary/aromatic N) is 1. The van der Waals surface area contributed by atoms with Gasteiger partial charge in [-0.3, -0.25) is 10.1 Å². The van der Waals surface area contributed by atoms with Crippen molar-refractivity contribution >= 4 is 17.7 Å². The van der Waals surface area contributed by atoms with E-state index in [-0.39, 0.29) is 22.4 Å². The van der Waals surface area contributed by atoms with Crippen LogP contribution in [-0.2, 0) is 15.8 Å². The van der Waals surface area contributed by atoms with E-state index in [0.717, 1.165) is 23.2 Å². The second kappa shape index (κ2) is 7.74. The molecule has 0 aliphatic carbocycles. The average Bonchev–Trinajstić information content (AvgIpc) is 2.42. The highest BCUT2D eigenvalue weighted by Crippen LogP contribution is 2.42. The summed E-state index contributed by atoms with van der Waals surface area (Å²) in [6.07, 6.45) is 0.494. The van der Waals surface area contributed by atoms with Gasteiger partial charge in [0, 0.05) is 11.1 Å². The second-order valence-corrected chi connectivity index (χ2v) is 6.07. The van der Waals surface area contributed by atoms with Crippen LogP contribution in [0.1, 0.15) is 63.1 Å². The van der Waals surface area contributed by atoms with E-state index in [0.29, 0.717) is 16.9 Å². The van der Waals surface area contributed by atoms with Crippen molar-refractivity contribution in [3.8, 4) is 0 Å². The van der Waals surface area contributed by atoms with Crippen molar-refractivity contribution in [3.05, 3.63) is 32.9 Å². The lowest BCUT2D eigenvalue weighted by atomic mass is 9.90. The van der Waals surface area contributed by atoms with E-state index in [9.17, 15) is 10.1 Å². The molecule has 0 heterocycles. The Hall–Kier alpha value is -1.15. The molecule has 0 aliphatic rings. The van der Waals surface area contributed by atoms with Crippen molar-refractivity contribution in [2.24, 2.45) is 0 Å². The summed E-state index contributed by atoms with van der Waals surface area (Å²) in [5.74, 6) is 0.209. The van der Waals surface area contributed by atoms with Crippen molar-refractivity contribution in [2.75, 3.05) is 0 Å². The highest BCUT2D eigenvalue weighted by molar-refractivity contribution is 7.94. The topological polar surface area (TPSA) is 81.8 Å². The van der Waals surface area contributed by atoms with Crippen LogP contribution in [0, 0.1) is 10.1 Å². The summed E-state index contributed by atoms with van der Waals surface area (Å²) in [6.45, 7) is 9.75. The van der Waals surface area contributed by atoms with Crippen LogP contribution in [0.2, 0.25) is 0 Å². The maximum Gasteiger partial charge on any atom is 0.277 e. The summed E-state index contributed by atoms with van der Waals surface area (Å²) >= 11 is 0.802. The van der Waals surface area contributed by atoms with Gasteiger partial charge in [-0.1, -0.05) is 39.7 Å². The van der Waals surface area contributed by atoms with E-state index in [1.807, 2.05) is 40.7 Å². The summed E-state index contributed by atoms with van der Waals surface area (Å²) in [4.78, 5) is 11.8. The number of nitro benzene ring substituents is 1. The minimum Gasteiger partial charge on any atom is -0.258 e. The molecule has 0 radical (unpaired) electrons. The molecule has 118 valence electrons. The van der Waals surface area contributed by atoms with Crippen molar-refractivity contribution in [3.63, 3.8) is 0 Å². The third-order valence-corrected chi connectivity index (χ3v) is 4.11. The van der Waals surface area contributed by atoms with Gasteiger partial charge in [0.2, 0.25) is 0 Å². The molecule has 0 spiro atoms. The molecule has 7 heteroatoms. The zero-order chi connectivity index (χ0) is 16.2. The van der Waals surface area contributed by atoms with Gasteiger partial charge >= 0.3 is 0 Å². The van der Waals surface area contributed by atoms with Crippen molar-refractivity contribution < 1.29 is 19.6 Å². The number of rotatable bonds is 7. The summed E-state index contributed by atoms with van der Waals surface area (Å²) in [5.41, 5.74) is 2.40. The summed E-state index contributed by atoms with van der Waals surface area (Å²) in [5, 5.41) is 23.5. The maximum absolute atomic E-state index is 11.5. The Labute approximate surface area is 128 Å². The summed E-state index contributed by atoms with van der Waals surface area (Å²) in [7, 11) is 0. The van der Waals surface area contributed by atoms with Crippen molar-refractivity contribution in [1.82, 2.24) is 0 Å². The summed E-state index contributed by atoms with van der Waals surface area (Å²) < 4.78 is 4.54. The van der Waals surface area contributed by atoms with Crippen LogP contribution >= 0.6 is 12.0 Å². The van der Waals surface area contributed by atoms with E-state index in [4.69, 9.17) is 5.26 Å². The fraction of sp³-hybridized carbons (Fsp3) is 0.571. The van der Waals surface area contributed by atoms with Crippen LogP contribution in [0.25, 0.3) is 0 Å². The first-order valence-corrected chi connectivity index (χ1v) is 7.58. The fourth-order valence-electron chi connectivity index (χ4n) is 2.32. The van der Waals surface area contributed by atoms with Gasteiger partial charge in [-0.05, 0) is 29.9 Å². The highest BCUT2D eigenvalue weighted by Gasteiger charge is 2.28. The van der Waals surface area contributed by atoms with Gasteiger partial charge < -0.3 is 0 Å². The SMILES string of the molecule is CCc1c(SOOO)c(C(C)C)cc(C(C)C)c1[N+](=O)[O-]. The third kappa shape index (κ3) is 3.94. The molecule has 0 unspecified atom stereocenters. The monoisotopic (exact) mass is 315 g/mol. The Kier molecular flexibility index (Phi) is 6.60. The molecule has 1 aromatic carbocycles. The normalized spacial score (nSPS) is 11.4. The fourth-order valence-corrected chi connectivity index (χ4v) is 3.15. The zero-order valence-electron chi connectivity index (χ0n) is 12.9. The molecule has 1 aromatic rings. The molecule has 0 fully saturated rings. The van der Waals surface area contributed by atoms with Crippen molar-refractivity contribution in [1.29, 1.82) is 0 Å². The molecule has 0 bridgehead atoms. The number of nitro groups is 1. The second-order valence-electron chi connectivity index (χ2n) is 5.36. The first-order chi connectivity index (χ1) is 9.84. The Bertz CT molecular complexity index is 517. The van der Waals surface area contributed by atoms with E-state index in [2.05, 4.69) is 9.37 Å². The molecular formula is C14H21NO5S.